The number of hydrogen-bond acceptors (Lipinski definition) is 6. The van der Waals surface area contributed by atoms with Gasteiger partial charge in [-0.3, -0.25) is 4.79 Å². The van der Waals surface area contributed by atoms with Crippen molar-refractivity contribution in [2.45, 2.75) is 13.5 Å². The van der Waals surface area contributed by atoms with Gasteiger partial charge in [-0.2, -0.15) is 0 Å². The van der Waals surface area contributed by atoms with Crippen LogP contribution in [0.4, 0.5) is 11.6 Å². The molecule has 2 aliphatic rings. The van der Waals surface area contributed by atoms with Crippen LogP contribution in [0.3, 0.4) is 0 Å². The summed E-state index contributed by atoms with van der Waals surface area (Å²) in [4.78, 5) is 30.7. The second-order valence-electron chi connectivity index (χ2n) is 7.65. The van der Waals surface area contributed by atoms with E-state index in [9.17, 15) is 4.79 Å². The zero-order chi connectivity index (χ0) is 19.5. The van der Waals surface area contributed by atoms with Crippen molar-refractivity contribution in [3.8, 4) is 0 Å². The van der Waals surface area contributed by atoms with E-state index in [1.807, 2.05) is 40.9 Å². The highest BCUT2D eigenvalue weighted by Crippen LogP contribution is 2.21. The SMILES string of the molecule is Cc1nc(N2CCN(C)CC2)cc(N2CCN(C(=O)Cn3cccc3)CC2)n1. The molecule has 8 heteroatoms. The molecule has 0 aliphatic carbocycles. The van der Waals surface area contributed by atoms with E-state index in [1.165, 1.54) is 0 Å². The van der Waals surface area contributed by atoms with E-state index in [2.05, 4.69) is 37.8 Å². The van der Waals surface area contributed by atoms with Crippen LogP contribution in [0.5, 0.6) is 0 Å². The standard InChI is InChI=1S/C20H29N7O/c1-17-21-18(25-9-7-23(2)8-10-25)15-19(22-17)26-11-13-27(14-12-26)20(28)16-24-5-3-4-6-24/h3-6,15H,7-14,16H2,1-2H3. The predicted molar refractivity (Wildman–Crippen MR) is 110 cm³/mol. The Balaban J connectivity index is 1.38. The zero-order valence-corrected chi connectivity index (χ0v) is 16.8. The van der Waals surface area contributed by atoms with Gasteiger partial charge in [-0.25, -0.2) is 9.97 Å². The summed E-state index contributed by atoms with van der Waals surface area (Å²) in [6.45, 7) is 9.53. The van der Waals surface area contributed by atoms with Crippen molar-refractivity contribution >= 4 is 17.5 Å². The fraction of sp³-hybridized carbons (Fsp3) is 0.550. The minimum absolute atomic E-state index is 0.174. The van der Waals surface area contributed by atoms with Gasteiger partial charge in [-0.05, 0) is 26.1 Å². The number of carbonyl (C=O) groups is 1. The molecule has 0 N–H and O–H groups in total. The van der Waals surface area contributed by atoms with Crippen molar-refractivity contribution < 1.29 is 4.79 Å². The number of aromatic nitrogens is 3. The number of piperazine rings is 2. The molecule has 0 atom stereocenters. The summed E-state index contributed by atoms with van der Waals surface area (Å²) in [5.74, 6) is 2.96. The van der Waals surface area contributed by atoms with Crippen molar-refractivity contribution in [3.05, 3.63) is 36.4 Å². The molecule has 2 aliphatic heterocycles. The molecule has 2 aromatic heterocycles. The second-order valence-corrected chi connectivity index (χ2v) is 7.65. The van der Waals surface area contributed by atoms with Crippen LogP contribution in [0.25, 0.3) is 0 Å². The Labute approximate surface area is 166 Å². The third-order valence-electron chi connectivity index (χ3n) is 5.58. The van der Waals surface area contributed by atoms with Gasteiger partial charge in [0.1, 0.15) is 24.0 Å². The monoisotopic (exact) mass is 383 g/mol. The Morgan fingerprint density at radius 3 is 2.00 bits per heavy atom. The summed E-state index contributed by atoms with van der Waals surface area (Å²) in [6.07, 6.45) is 3.86. The van der Waals surface area contributed by atoms with Crippen molar-refractivity contribution in [2.75, 3.05) is 69.2 Å². The van der Waals surface area contributed by atoms with Gasteiger partial charge < -0.3 is 24.2 Å². The lowest BCUT2D eigenvalue weighted by atomic mass is 10.3. The normalized spacial score (nSPS) is 18.6. The molecule has 1 amide bonds. The fourth-order valence-electron chi connectivity index (χ4n) is 3.81. The van der Waals surface area contributed by atoms with Crippen molar-refractivity contribution in [3.63, 3.8) is 0 Å². The quantitative estimate of drug-likeness (QED) is 0.774. The van der Waals surface area contributed by atoms with Crippen LogP contribution < -0.4 is 9.80 Å². The van der Waals surface area contributed by atoms with E-state index in [1.54, 1.807) is 0 Å². The lowest BCUT2D eigenvalue weighted by Gasteiger charge is -2.37. The maximum absolute atomic E-state index is 12.5. The molecule has 2 saturated heterocycles. The van der Waals surface area contributed by atoms with E-state index in [4.69, 9.17) is 0 Å². The van der Waals surface area contributed by atoms with E-state index in [0.29, 0.717) is 6.54 Å². The second kappa shape index (κ2) is 8.18. The van der Waals surface area contributed by atoms with Gasteiger partial charge in [0, 0.05) is 70.8 Å². The molecule has 0 saturated carbocycles. The zero-order valence-electron chi connectivity index (χ0n) is 16.8. The largest absolute Gasteiger partial charge is 0.354 e. The van der Waals surface area contributed by atoms with Crippen LogP contribution in [-0.4, -0.2) is 89.6 Å². The topological polar surface area (TPSA) is 60.7 Å². The van der Waals surface area contributed by atoms with E-state index in [0.717, 1.165) is 69.8 Å². The maximum Gasteiger partial charge on any atom is 0.242 e. The number of rotatable bonds is 4. The highest BCUT2D eigenvalue weighted by atomic mass is 16.2. The molecular weight excluding hydrogens is 354 g/mol. The third kappa shape index (κ3) is 4.27. The molecular formula is C20H29N7O. The molecule has 0 aromatic carbocycles. The van der Waals surface area contributed by atoms with Gasteiger partial charge in [0.25, 0.3) is 0 Å². The first-order valence-corrected chi connectivity index (χ1v) is 10.0. The van der Waals surface area contributed by atoms with Crippen LogP contribution in [-0.2, 0) is 11.3 Å². The average molecular weight is 384 g/mol. The fourth-order valence-corrected chi connectivity index (χ4v) is 3.81. The molecule has 4 heterocycles. The van der Waals surface area contributed by atoms with E-state index >= 15 is 0 Å². The lowest BCUT2D eigenvalue weighted by Crippen LogP contribution is -2.50. The van der Waals surface area contributed by atoms with Crippen molar-refractivity contribution in [1.29, 1.82) is 0 Å². The summed E-state index contributed by atoms with van der Waals surface area (Å²) in [5, 5.41) is 0. The molecule has 0 radical (unpaired) electrons. The Hall–Kier alpha value is -2.61. The number of likely N-dealkylation sites (N-methyl/N-ethyl adjacent to an activating group) is 1. The molecule has 28 heavy (non-hydrogen) atoms. The molecule has 2 fully saturated rings. The van der Waals surface area contributed by atoms with Crippen LogP contribution in [0.2, 0.25) is 0 Å². The smallest absolute Gasteiger partial charge is 0.242 e. The van der Waals surface area contributed by atoms with Crippen LogP contribution in [0, 0.1) is 6.92 Å². The van der Waals surface area contributed by atoms with Gasteiger partial charge in [-0.1, -0.05) is 0 Å². The maximum atomic E-state index is 12.5. The van der Waals surface area contributed by atoms with Gasteiger partial charge >= 0.3 is 0 Å². The van der Waals surface area contributed by atoms with Gasteiger partial charge in [-0.15, -0.1) is 0 Å². The van der Waals surface area contributed by atoms with Gasteiger partial charge in [0.2, 0.25) is 5.91 Å². The Bertz CT molecular complexity index is 791. The molecule has 8 nitrogen and oxygen atoms in total. The molecule has 150 valence electrons. The number of nitrogens with zero attached hydrogens (tertiary/aromatic N) is 7. The van der Waals surface area contributed by atoms with Gasteiger partial charge in [0.15, 0.2) is 0 Å². The highest BCUT2D eigenvalue weighted by molar-refractivity contribution is 5.76. The Morgan fingerprint density at radius 2 is 1.43 bits per heavy atom. The summed E-state index contributed by atoms with van der Waals surface area (Å²) in [5.41, 5.74) is 0. The van der Waals surface area contributed by atoms with E-state index < -0.39 is 0 Å². The number of carbonyl (C=O) groups excluding carboxylic acids is 1. The molecule has 2 aromatic rings. The Morgan fingerprint density at radius 1 is 0.893 bits per heavy atom. The summed E-state index contributed by atoms with van der Waals surface area (Å²) >= 11 is 0. The third-order valence-corrected chi connectivity index (χ3v) is 5.58. The minimum atomic E-state index is 0.174. The van der Waals surface area contributed by atoms with Crippen molar-refractivity contribution in [1.82, 2.24) is 24.3 Å². The number of amides is 1. The molecule has 0 unspecified atom stereocenters. The lowest BCUT2D eigenvalue weighted by molar-refractivity contribution is -0.132. The molecule has 4 rings (SSSR count). The van der Waals surface area contributed by atoms with Crippen molar-refractivity contribution in [2.24, 2.45) is 0 Å². The Kier molecular flexibility index (Phi) is 5.47. The van der Waals surface area contributed by atoms with E-state index in [-0.39, 0.29) is 5.91 Å². The predicted octanol–water partition coefficient (Wildman–Crippen LogP) is 0.687. The minimum Gasteiger partial charge on any atom is -0.354 e. The summed E-state index contributed by atoms with van der Waals surface area (Å²) in [7, 11) is 2.16. The number of hydrogen-bond donors (Lipinski definition) is 0. The highest BCUT2D eigenvalue weighted by Gasteiger charge is 2.23. The summed E-state index contributed by atoms with van der Waals surface area (Å²) in [6, 6.07) is 6.00. The number of anilines is 2. The summed E-state index contributed by atoms with van der Waals surface area (Å²) < 4.78 is 1.92. The number of aryl methyl sites for hydroxylation is 1. The average Bonchev–Trinajstić information content (AvgIpc) is 3.21. The molecule has 0 bridgehead atoms. The van der Waals surface area contributed by atoms with Crippen LogP contribution in [0.1, 0.15) is 5.82 Å². The first-order chi connectivity index (χ1) is 13.6. The van der Waals surface area contributed by atoms with Crippen LogP contribution >= 0.6 is 0 Å². The van der Waals surface area contributed by atoms with Gasteiger partial charge in [0.05, 0.1) is 0 Å². The molecule has 0 spiro atoms. The first kappa shape index (κ1) is 18.7. The van der Waals surface area contributed by atoms with Crippen LogP contribution in [0.15, 0.2) is 30.6 Å². The first-order valence-electron chi connectivity index (χ1n) is 10.0.